The van der Waals surface area contributed by atoms with E-state index in [1.165, 1.54) is 4.90 Å². The molecule has 0 aliphatic heterocycles. The lowest BCUT2D eigenvalue weighted by Crippen LogP contribution is -2.39. The van der Waals surface area contributed by atoms with Crippen molar-refractivity contribution in [1.29, 1.82) is 0 Å². The predicted octanol–water partition coefficient (Wildman–Crippen LogP) is -0.133. The van der Waals surface area contributed by atoms with Crippen LogP contribution in [-0.2, 0) is 4.79 Å². The van der Waals surface area contributed by atoms with Gasteiger partial charge in [-0.3, -0.25) is 9.59 Å². The maximum Gasteiger partial charge on any atom is 0.251 e. The standard InChI is InChI=1S/C12H16N2O3/c1-14(7-8-15)11(16)9-13-12(17)10-5-3-2-4-6-10/h2-6,15H,7-9H2,1H3,(H,13,17). The number of likely N-dealkylation sites (N-methyl/N-ethyl adjacent to an activating group) is 1. The van der Waals surface area contributed by atoms with Gasteiger partial charge in [0.05, 0.1) is 13.2 Å². The summed E-state index contributed by atoms with van der Waals surface area (Å²) in [5, 5.41) is 11.2. The van der Waals surface area contributed by atoms with Crippen LogP contribution in [0.3, 0.4) is 0 Å². The number of amides is 2. The fourth-order valence-corrected chi connectivity index (χ4v) is 1.26. The van der Waals surface area contributed by atoms with E-state index < -0.39 is 0 Å². The van der Waals surface area contributed by atoms with Crippen LogP contribution in [0.5, 0.6) is 0 Å². The van der Waals surface area contributed by atoms with E-state index in [0.29, 0.717) is 5.56 Å². The van der Waals surface area contributed by atoms with Crippen molar-refractivity contribution in [3.63, 3.8) is 0 Å². The molecule has 2 N–H and O–H groups in total. The highest BCUT2D eigenvalue weighted by Crippen LogP contribution is 1.97. The van der Waals surface area contributed by atoms with Gasteiger partial charge in [0, 0.05) is 19.2 Å². The Bertz CT molecular complexity index is 379. The van der Waals surface area contributed by atoms with Gasteiger partial charge in [-0.1, -0.05) is 18.2 Å². The average Bonchev–Trinajstić information content (AvgIpc) is 2.36. The fraction of sp³-hybridized carbons (Fsp3) is 0.333. The van der Waals surface area contributed by atoms with Crippen molar-refractivity contribution in [3.05, 3.63) is 35.9 Å². The number of benzene rings is 1. The molecular weight excluding hydrogens is 220 g/mol. The molecule has 0 saturated heterocycles. The summed E-state index contributed by atoms with van der Waals surface area (Å²) in [5.41, 5.74) is 0.519. The Morgan fingerprint density at radius 2 is 1.94 bits per heavy atom. The minimum Gasteiger partial charge on any atom is -0.395 e. The average molecular weight is 236 g/mol. The molecule has 1 rings (SSSR count). The van der Waals surface area contributed by atoms with Crippen LogP contribution in [0.15, 0.2) is 30.3 Å². The number of rotatable bonds is 5. The predicted molar refractivity (Wildman–Crippen MR) is 63.5 cm³/mol. The van der Waals surface area contributed by atoms with Gasteiger partial charge >= 0.3 is 0 Å². The van der Waals surface area contributed by atoms with Crippen LogP contribution >= 0.6 is 0 Å². The summed E-state index contributed by atoms with van der Waals surface area (Å²) >= 11 is 0. The van der Waals surface area contributed by atoms with Gasteiger partial charge in [-0.05, 0) is 12.1 Å². The monoisotopic (exact) mass is 236 g/mol. The molecule has 17 heavy (non-hydrogen) atoms. The molecule has 0 aliphatic carbocycles. The Morgan fingerprint density at radius 3 is 2.53 bits per heavy atom. The molecule has 0 aliphatic rings. The van der Waals surface area contributed by atoms with Gasteiger partial charge < -0.3 is 15.3 Å². The van der Waals surface area contributed by atoms with Gasteiger partial charge in [-0.25, -0.2) is 0 Å². The molecule has 1 aromatic carbocycles. The van der Waals surface area contributed by atoms with E-state index in [2.05, 4.69) is 5.32 Å². The maximum atomic E-state index is 11.6. The van der Waals surface area contributed by atoms with Crippen LogP contribution in [0.1, 0.15) is 10.4 Å². The Hall–Kier alpha value is -1.88. The third-order valence-electron chi connectivity index (χ3n) is 2.30. The summed E-state index contributed by atoms with van der Waals surface area (Å²) in [7, 11) is 1.58. The second-order valence-corrected chi connectivity index (χ2v) is 3.59. The summed E-state index contributed by atoms with van der Waals surface area (Å²) in [4.78, 5) is 24.4. The molecule has 0 fully saturated rings. The number of nitrogens with one attached hydrogen (secondary N) is 1. The quantitative estimate of drug-likeness (QED) is 0.748. The first kappa shape index (κ1) is 13.2. The molecule has 92 valence electrons. The normalized spacial score (nSPS) is 9.76. The van der Waals surface area contributed by atoms with Crippen molar-refractivity contribution in [2.45, 2.75) is 0 Å². The molecule has 1 aromatic rings. The van der Waals surface area contributed by atoms with Crippen molar-refractivity contribution in [3.8, 4) is 0 Å². The number of hydrogen-bond acceptors (Lipinski definition) is 3. The molecule has 0 aromatic heterocycles. The van der Waals surface area contributed by atoms with Gasteiger partial charge in [0.15, 0.2) is 0 Å². The number of aliphatic hydroxyl groups is 1. The molecule has 5 nitrogen and oxygen atoms in total. The summed E-state index contributed by atoms with van der Waals surface area (Å²) in [6.07, 6.45) is 0. The Kier molecular flexibility index (Phi) is 5.16. The zero-order valence-corrected chi connectivity index (χ0v) is 9.72. The van der Waals surface area contributed by atoms with Crippen LogP contribution in [0.4, 0.5) is 0 Å². The van der Waals surface area contributed by atoms with E-state index in [9.17, 15) is 9.59 Å². The van der Waals surface area contributed by atoms with Gasteiger partial charge in [0.25, 0.3) is 5.91 Å². The molecule has 0 bridgehead atoms. The van der Waals surface area contributed by atoms with Crippen molar-refractivity contribution in [2.24, 2.45) is 0 Å². The van der Waals surface area contributed by atoms with Crippen LogP contribution < -0.4 is 5.32 Å². The minimum atomic E-state index is -0.281. The number of carbonyl (C=O) groups is 2. The smallest absolute Gasteiger partial charge is 0.251 e. The van der Waals surface area contributed by atoms with E-state index in [-0.39, 0.29) is 31.5 Å². The third-order valence-corrected chi connectivity index (χ3v) is 2.30. The van der Waals surface area contributed by atoms with Crippen LogP contribution in [0, 0.1) is 0 Å². The summed E-state index contributed by atoms with van der Waals surface area (Å²) in [6.45, 7) is 0.110. The topological polar surface area (TPSA) is 69.6 Å². The van der Waals surface area contributed by atoms with Gasteiger partial charge in [0.2, 0.25) is 5.91 Å². The van der Waals surface area contributed by atoms with E-state index in [4.69, 9.17) is 5.11 Å². The largest absolute Gasteiger partial charge is 0.395 e. The minimum absolute atomic E-state index is 0.0653. The molecular formula is C12H16N2O3. The van der Waals surface area contributed by atoms with Crippen LogP contribution in [-0.4, -0.2) is 48.6 Å². The van der Waals surface area contributed by atoms with Crippen molar-refractivity contribution >= 4 is 11.8 Å². The van der Waals surface area contributed by atoms with E-state index >= 15 is 0 Å². The van der Waals surface area contributed by atoms with Crippen molar-refractivity contribution in [1.82, 2.24) is 10.2 Å². The Labute approximate surface area is 100 Å². The molecule has 5 heteroatoms. The zero-order chi connectivity index (χ0) is 12.7. The van der Waals surface area contributed by atoms with Crippen LogP contribution in [0.2, 0.25) is 0 Å². The maximum absolute atomic E-state index is 11.6. The Balaban J connectivity index is 2.41. The SMILES string of the molecule is CN(CCO)C(=O)CNC(=O)c1ccccc1. The van der Waals surface area contributed by atoms with Gasteiger partial charge in [0.1, 0.15) is 0 Å². The number of hydrogen-bond donors (Lipinski definition) is 2. The van der Waals surface area contributed by atoms with E-state index in [1.807, 2.05) is 6.07 Å². The number of carbonyl (C=O) groups excluding carboxylic acids is 2. The highest BCUT2D eigenvalue weighted by molar-refractivity contribution is 5.96. The second kappa shape index (κ2) is 6.65. The van der Waals surface area contributed by atoms with Gasteiger partial charge in [-0.15, -0.1) is 0 Å². The third kappa shape index (κ3) is 4.24. The summed E-state index contributed by atoms with van der Waals surface area (Å²) in [5.74, 6) is -0.514. The highest BCUT2D eigenvalue weighted by atomic mass is 16.3. The molecule has 0 unspecified atom stereocenters. The molecule has 0 spiro atoms. The lowest BCUT2D eigenvalue weighted by Gasteiger charge is -2.15. The first-order valence-electron chi connectivity index (χ1n) is 5.33. The van der Waals surface area contributed by atoms with Crippen molar-refractivity contribution in [2.75, 3.05) is 26.7 Å². The Morgan fingerprint density at radius 1 is 1.29 bits per heavy atom. The number of aliphatic hydroxyl groups excluding tert-OH is 1. The molecule has 0 atom stereocenters. The zero-order valence-electron chi connectivity index (χ0n) is 9.72. The van der Waals surface area contributed by atoms with Gasteiger partial charge in [-0.2, -0.15) is 0 Å². The first-order valence-corrected chi connectivity index (χ1v) is 5.33. The molecule has 0 heterocycles. The summed E-state index contributed by atoms with van der Waals surface area (Å²) < 4.78 is 0. The molecule has 0 radical (unpaired) electrons. The van der Waals surface area contributed by atoms with E-state index in [0.717, 1.165) is 0 Å². The molecule has 2 amide bonds. The van der Waals surface area contributed by atoms with Crippen LogP contribution in [0.25, 0.3) is 0 Å². The summed E-state index contributed by atoms with van der Waals surface area (Å²) in [6, 6.07) is 8.69. The fourth-order valence-electron chi connectivity index (χ4n) is 1.26. The first-order chi connectivity index (χ1) is 8.15. The second-order valence-electron chi connectivity index (χ2n) is 3.59. The highest BCUT2D eigenvalue weighted by Gasteiger charge is 2.10. The number of nitrogens with zero attached hydrogens (tertiary/aromatic N) is 1. The lowest BCUT2D eigenvalue weighted by molar-refractivity contribution is -0.129. The van der Waals surface area contributed by atoms with Crippen molar-refractivity contribution < 1.29 is 14.7 Å². The van der Waals surface area contributed by atoms with E-state index in [1.54, 1.807) is 31.3 Å². The lowest BCUT2D eigenvalue weighted by atomic mass is 10.2. The molecule has 0 saturated carbocycles.